The van der Waals surface area contributed by atoms with Crippen LogP contribution in [-0.2, 0) is 9.59 Å². The van der Waals surface area contributed by atoms with Crippen molar-refractivity contribution in [3.05, 3.63) is 81.4 Å². The van der Waals surface area contributed by atoms with Crippen LogP contribution >= 0.6 is 11.3 Å². The SMILES string of the molecule is CCOc1ccc(C(O)=C2C(=O)C(=O)N(c3nc(C)c(C)s3)[C@@H]2c2ccc(C)cc2)cc1. The number of amides is 1. The molecule has 0 aliphatic carbocycles. The molecule has 1 aromatic heterocycles. The van der Waals surface area contributed by atoms with Crippen molar-refractivity contribution in [3.63, 3.8) is 0 Å². The molecule has 3 aromatic rings. The molecule has 1 aliphatic rings. The summed E-state index contributed by atoms with van der Waals surface area (Å²) in [5.74, 6) is -0.984. The monoisotopic (exact) mass is 448 g/mol. The molecule has 1 aliphatic heterocycles. The fourth-order valence-electron chi connectivity index (χ4n) is 3.68. The predicted octanol–water partition coefficient (Wildman–Crippen LogP) is 5.09. The summed E-state index contributed by atoms with van der Waals surface area (Å²) >= 11 is 1.36. The Morgan fingerprint density at radius 1 is 1.06 bits per heavy atom. The zero-order chi connectivity index (χ0) is 23.0. The van der Waals surface area contributed by atoms with Crippen molar-refractivity contribution in [2.75, 3.05) is 11.5 Å². The zero-order valence-corrected chi connectivity index (χ0v) is 19.2. The Kier molecular flexibility index (Phi) is 5.84. The van der Waals surface area contributed by atoms with E-state index in [2.05, 4.69) is 4.98 Å². The van der Waals surface area contributed by atoms with Crippen molar-refractivity contribution in [1.29, 1.82) is 0 Å². The van der Waals surface area contributed by atoms with Crippen LogP contribution in [-0.4, -0.2) is 28.4 Å². The third-order valence-corrected chi connectivity index (χ3v) is 6.57. The number of Topliss-reactive ketones (excluding diaryl/α,β-unsaturated/α-hetero) is 1. The highest BCUT2D eigenvalue weighted by Gasteiger charge is 2.48. The molecule has 2 heterocycles. The van der Waals surface area contributed by atoms with Crippen LogP contribution in [0.2, 0.25) is 0 Å². The Bertz CT molecular complexity index is 1190. The summed E-state index contributed by atoms with van der Waals surface area (Å²) in [7, 11) is 0. The summed E-state index contributed by atoms with van der Waals surface area (Å²) in [6.45, 7) is 8.17. The number of aliphatic hydroxyl groups excluding tert-OH is 1. The van der Waals surface area contributed by atoms with Crippen molar-refractivity contribution in [2.24, 2.45) is 0 Å². The second kappa shape index (κ2) is 8.59. The molecule has 1 saturated heterocycles. The summed E-state index contributed by atoms with van der Waals surface area (Å²) in [6.07, 6.45) is 0. The van der Waals surface area contributed by atoms with E-state index < -0.39 is 17.7 Å². The average molecular weight is 449 g/mol. The first-order valence-corrected chi connectivity index (χ1v) is 11.2. The molecule has 6 nitrogen and oxygen atoms in total. The number of nitrogens with zero attached hydrogens (tertiary/aromatic N) is 2. The Balaban J connectivity index is 1.89. The van der Waals surface area contributed by atoms with Crippen molar-refractivity contribution < 1.29 is 19.4 Å². The molecule has 4 rings (SSSR count). The average Bonchev–Trinajstić information content (AvgIpc) is 3.24. The number of aromatic nitrogens is 1. The van der Waals surface area contributed by atoms with Crippen LogP contribution in [0, 0.1) is 20.8 Å². The quantitative estimate of drug-likeness (QED) is 0.334. The van der Waals surface area contributed by atoms with E-state index in [1.807, 2.05) is 52.0 Å². The molecule has 0 radical (unpaired) electrons. The van der Waals surface area contributed by atoms with Gasteiger partial charge in [0, 0.05) is 10.4 Å². The normalized spacial score (nSPS) is 17.8. The first-order chi connectivity index (χ1) is 15.3. The Labute approximate surface area is 190 Å². The van der Waals surface area contributed by atoms with E-state index in [-0.39, 0.29) is 11.3 Å². The maximum absolute atomic E-state index is 13.2. The van der Waals surface area contributed by atoms with E-state index in [4.69, 9.17) is 4.74 Å². The van der Waals surface area contributed by atoms with Gasteiger partial charge in [0.15, 0.2) is 5.13 Å². The third kappa shape index (κ3) is 3.80. The second-order valence-electron chi connectivity index (χ2n) is 7.68. The van der Waals surface area contributed by atoms with E-state index in [0.717, 1.165) is 21.7 Å². The van der Waals surface area contributed by atoms with Crippen LogP contribution in [0.15, 0.2) is 54.1 Å². The van der Waals surface area contributed by atoms with Gasteiger partial charge in [0.2, 0.25) is 0 Å². The molecule has 1 atom stereocenters. The lowest BCUT2D eigenvalue weighted by atomic mass is 9.95. The molecule has 0 unspecified atom stereocenters. The second-order valence-corrected chi connectivity index (χ2v) is 8.86. The predicted molar refractivity (Wildman–Crippen MR) is 125 cm³/mol. The lowest BCUT2D eigenvalue weighted by molar-refractivity contribution is -0.132. The number of hydrogen-bond acceptors (Lipinski definition) is 6. The molecule has 7 heteroatoms. The number of aryl methyl sites for hydroxylation is 3. The number of thiazole rings is 1. The van der Waals surface area contributed by atoms with E-state index in [9.17, 15) is 14.7 Å². The molecular weight excluding hydrogens is 424 g/mol. The highest BCUT2D eigenvalue weighted by atomic mass is 32.1. The number of benzene rings is 2. The number of aliphatic hydroxyl groups is 1. The van der Waals surface area contributed by atoms with Crippen molar-refractivity contribution in [3.8, 4) is 5.75 Å². The molecule has 1 N–H and O–H groups in total. The van der Waals surface area contributed by atoms with Crippen molar-refractivity contribution >= 4 is 33.9 Å². The van der Waals surface area contributed by atoms with Gasteiger partial charge in [-0.05, 0) is 57.5 Å². The fraction of sp³-hybridized carbons (Fsp3) is 0.240. The van der Waals surface area contributed by atoms with Crippen LogP contribution in [0.5, 0.6) is 5.75 Å². The smallest absolute Gasteiger partial charge is 0.301 e. The molecule has 0 bridgehead atoms. The Hall–Kier alpha value is -3.45. The number of hydrogen-bond donors (Lipinski definition) is 1. The molecular formula is C25H24N2O4S. The molecule has 1 fully saturated rings. The van der Waals surface area contributed by atoms with E-state index in [0.29, 0.717) is 23.1 Å². The molecule has 32 heavy (non-hydrogen) atoms. The maximum atomic E-state index is 13.2. The minimum atomic E-state index is -0.771. The minimum Gasteiger partial charge on any atom is -0.507 e. The van der Waals surface area contributed by atoms with Gasteiger partial charge in [0.05, 0.1) is 23.9 Å². The van der Waals surface area contributed by atoms with Crippen molar-refractivity contribution in [2.45, 2.75) is 33.7 Å². The Morgan fingerprint density at radius 2 is 1.72 bits per heavy atom. The van der Waals surface area contributed by atoms with Gasteiger partial charge in [-0.1, -0.05) is 29.8 Å². The number of rotatable bonds is 5. The Morgan fingerprint density at radius 3 is 2.28 bits per heavy atom. The lowest BCUT2D eigenvalue weighted by Gasteiger charge is -2.23. The van der Waals surface area contributed by atoms with Crippen molar-refractivity contribution in [1.82, 2.24) is 4.98 Å². The summed E-state index contributed by atoms with van der Waals surface area (Å²) in [6, 6.07) is 13.6. The highest BCUT2D eigenvalue weighted by Crippen LogP contribution is 2.43. The lowest BCUT2D eigenvalue weighted by Crippen LogP contribution is -2.29. The maximum Gasteiger partial charge on any atom is 0.301 e. The minimum absolute atomic E-state index is 0.0496. The van der Waals surface area contributed by atoms with Gasteiger partial charge in [-0.3, -0.25) is 14.5 Å². The topological polar surface area (TPSA) is 79.7 Å². The van der Waals surface area contributed by atoms with Gasteiger partial charge >= 0.3 is 5.91 Å². The summed E-state index contributed by atoms with van der Waals surface area (Å²) in [5.41, 5.74) is 3.08. The number of carbonyl (C=O) groups excluding carboxylic acids is 2. The number of ether oxygens (including phenoxy) is 1. The van der Waals surface area contributed by atoms with Crippen LogP contribution in [0.1, 0.15) is 40.2 Å². The molecule has 164 valence electrons. The van der Waals surface area contributed by atoms with E-state index in [1.165, 1.54) is 16.2 Å². The van der Waals surface area contributed by atoms with Gasteiger partial charge in [-0.2, -0.15) is 0 Å². The summed E-state index contributed by atoms with van der Waals surface area (Å²) < 4.78 is 5.46. The largest absolute Gasteiger partial charge is 0.507 e. The molecule has 0 spiro atoms. The van der Waals surface area contributed by atoms with Crippen LogP contribution in [0.3, 0.4) is 0 Å². The van der Waals surface area contributed by atoms with Crippen LogP contribution in [0.25, 0.3) is 5.76 Å². The van der Waals surface area contributed by atoms with Gasteiger partial charge in [-0.15, -0.1) is 11.3 Å². The summed E-state index contributed by atoms with van der Waals surface area (Å²) in [4.78, 5) is 33.2. The van der Waals surface area contributed by atoms with Gasteiger partial charge in [0.1, 0.15) is 11.5 Å². The fourth-order valence-corrected chi connectivity index (χ4v) is 4.62. The standard InChI is InChI=1S/C25H24N2O4S/c1-5-31-19-12-10-18(11-13-19)22(28)20-21(17-8-6-14(2)7-9-17)27(24(30)23(20)29)25-26-15(3)16(4)32-25/h6-13,21,28H,5H2,1-4H3/t21-/m1/s1. The third-order valence-electron chi connectivity index (χ3n) is 5.50. The first kappa shape index (κ1) is 21.8. The van der Waals surface area contributed by atoms with Gasteiger partial charge in [0.25, 0.3) is 5.78 Å². The first-order valence-electron chi connectivity index (χ1n) is 10.4. The molecule has 0 saturated carbocycles. The zero-order valence-electron chi connectivity index (χ0n) is 18.4. The molecule has 2 aromatic carbocycles. The van der Waals surface area contributed by atoms with Gasteiger partial charge in [-0.25, -0.2) is 4.98 Å². The highest BCUT2D eigenvalue weighted by molar-refractivity contribution is 7.16. The number of ketones is 1. The van der Waals surface area contributed by atoms with E-state index >= 15 is 0 Å². The van der Waals surface area contributed by atoms with Crippen LogP contribution in [0.4, 0.5) is 5.13 Å². The van der Waals surface area contributed by atoms with Gasteiger partial charge < -0.3 is 9.84 Å². The number of carbonyl (C=O) groups is 2. The molecule has 1 amide bonds. The summed E-state index contributed by atoms with van der Waals surface area (Å²) in [5, 5.41) is 11.6. The number of anilines is 1. The van der Waals surface area contributed by atoms with Crippen LogP contribution < -0.4 is 9.64 Å². The van der Waals surface area contributed by atoms with E-state index in [1.54, 1.807) is 24.3 Å².